The van der Waals surface area contributed by atoms with Gasteiger partial charge >= 0.3 is 0 Å². The molecule has 0 amide bonds. The van der Waals surface area contributed by atoms with Crippen molar-refractivity contribution in [3.05, 3.63) is 59.9 Å². The number of hydrogen-bond donors (Lipinski definition) is 1. The lowest BCUT2D eigenvalue weighted by Crippen LogP contribution is -1.99. The van der Waals surface area contributed by atoms with E-state index in [-0.39, 0.29) is 5.82 Å². The summed E-state index contributed by atoms with van der Waals surface area (Å²) in [6.07, 6.45) is 0. The van der Waals surface area contributed by atoms with Crippen molar-refractivity contribution >= 4 is 39.3 Å². The van der Waals surface area contributed by atoms with E-state index in [0.29, 0.717) is 33.3 Å². The molecule has 0 atom stereocenters. The van der Waals surface area contributed by atoms with E-state index in [2.05, 4.69) is 25.0 Å². The van der Waals surface area contributed by atoms with Crippen LogP contribution in [0.15, 0.2) is 47.6 Å². The Morgan fingerprint density at radius 2 is 1.96 bits per heavy atom. The summed E-state index contributed by atoms with van der Waals surface area (Å²) in [5.41, 5.74) is 3.25. The van der Waals surface area contributed by atoms with Crippen LogP contribution in [0.2, 0.25) is 0 Å². The molecule has 0 aliphatic rings. The molecule has 0 spiro atoms. The summed E-state index contributed by atoms with van der Waals surface area (Å²) in [5, 5.41) is 5.76. The Morgan fingerprint density at radius 3 is 2.85 bits per heavy atom. The molecule has 0 unspecified atom stereocenters. The minimum atomic E-state index is -0.315. The molecule has 26 heavy (non-hydrogen) atoms. The molecule has 0 aliphatic heterocycles. The first-order valence-electron chi connectivity index (χ1n) is 8.06. The third kappa shape index (κ3) is 2.50. The average Bonchev–Trinajstić information content (AvgIpc) is 3.22. The minimum Gasteiger partial charge on any atom is -0.341 e. The zero-order chi connectivity index (χ0) is 17.7. The van der Waals surface area contributed by atoms with Crippen molar-refractivity contribution in [2.24, 2.45) is 0 Å². The Balaban J connectivity index is 1.57. The predicted molar refractivity (Wildman–Crippen MR) is 98.6 cm³/mol. The molecule has 0 saturated carbocycles. The quantitative estimate of drug-likeness (QED) is 0.388. The van der Waals surface area contributed by atoms with Crippen LogP contribution in [0.4, 0.5) is 4.39 Å². The van der Waals surface area contributed by atoms with E-state index in [0.717, 1.165) is 16.9 Å². The van der Waals surface area contributed by atoms with Crippen LogP contribution in [-0.4, -0.2) is 29.5 Å². The fourth-order valence-electron chi connectivity index (χ4n) is 2.96. The molecule has 2 aromatic carbocycles. The topological polar surface area (TPSA) is 71.8 Å². The van der Waals surface area contributed by atoms with Crippen LogP contribution in [0.25, 0.3) is 27.6 Å². The Bertz CT molecular complexity index is 1240. The van der Waals surface area contributed by atoms with Crippen LogP contribution >= 0.6 is 11.8 Å². The maximum Gasteiger partial charge on any atom is 0.191 e. The second-order valence-electron chi connectivity index (χ2n) is 5.94. The number of rotatable bonds is 3. The third-order valence-corrected chi connectivity index (χ3v) is 5.03. The van der Waals surface area contributed by atoms with Gasteiger partial charge in [0.2, 0.25) is 0 Å². The molecule has 0 fully saturated rings. The number of benzene rings is 2. The first-order valence-corrected chi connectivity index (χ1v) is 9.05. The molecule has 0 radical (unpaired) electrons. The molecular formula is C18H13FN6S. The molecule has 5 aromatic rings. The zero-order valence-electron chi connectivity index (χ0n) is 13.8. The van der Waals surface area contributed by atoms with Gasteiger partial charge in [-0.1, -0.05) is 23.9 Å². The monoisotopic (exact) mass is 364 g/mol. The van der Waals surface area contributed by atoms with Gasteiger partial charge in [-0.25, -0.2) is 19.3 Å². The van der Waals surface area contributed by atoms with E-state index in [1.165, 1.54) is 23.9 Å². The van der Waals surface area contributed by atoms with E-state index in [1.807, 2.05) is 31.2 Å². The van der Waals surface area contributed by atoms with Crippen molar-refractivity contribution in [3.63, 3.8) is 0 Å². The van der Waals surface area contributed by atoms with E-state index in [9.17, 15) is 4.39 Å². The highest BCUT2D eigenvalue weighted by atomic mass is 32.2. The summed E-state index contributed by atoms with van der Waals surface area (Å²) in [4.78, 5) is 17.0. The predicted octanol–water partition coefficient (Wildman–Crippen LogP) is 3.89. The number of aromatic nitrogens is 6. The number of para-hydroxylation sites is 2. The van der Waals surface area contributed by atoms with E-state index in [1.54, 1.807) is 10.6 Å². The molecule has 0 saturated heterocycles. The maximum atomic E-state index is 13.6. The van der Waals surface area contributed by atoms with Crippen LogP contribution in [0.3, 0.4) is 0 Å². The van der Waals surface area contributed by atoms with Crippen molar-refractivity contribution in [2.45, 2.75) is 17.8 Å². The maximum absolute atomic E-state index is 13.6. The second kappa shape index (κ2) is 5.77. The standard InChI is InChI=1S/C18H13FN6S/c1-10-20-17-12-8-11(19)6-7-13(12)23-18(25(17)24-10)26-9-16-21-14-4-2-3-5-15(14)22-16/h2-8H,9H2,1H3,(H,21,22). The minimum absolute atomic E-state index is 0.315. The fourth-order valence-corrected chi connectivity index (χ4v) is 3.77. The first kappa shape index (κ1) is 15.3. The number of nitrogens with one attached hydrogen (secondary N) is 1. The van der Waals surface area contributed by atoms with Gasteiger partial charge in [0, 0.05) is 5.39 Å². The molecule has 5 rings (SSSR count). The normalized spacial score (nSPS) is 11.8. The number of nitrogens with zero attached hydrogens (tertiary/aromatic N) is 5. The number of fused-ring (bicyclic) bond motifs is 4. The lowest BCUT2D eigenvalue weighted by Gasteiger charge is -2.05. The first-order chi connectivity index (χ1) is 12.7. The Kier molecular flexibility index (Phi) is 3.39. The Hall–Kier alpha value is -3.00. The number of halogens is 1. The third-order valence-electron chi connectivity index (χ3n) is 4.09. The van der Waals surface area contributed by atoms with Crippen LogP contribution in [0.1, 0.15) is 11.6 Å². The highest BCUT2D eigenvalue weighted by molar-refractivity contribution is 7.98. The van der Waals surface area contributed by atoms with Gasteiger partial charge in [0.15, 0.2) is 10.8 Å². The number of imidazole rings is 1. The van der Waals surface area contributed by atoms with Crippen LogP contribution in [0.5, 0.6) is 0 Å². The summed E-state index contributed by atoms with van der Waals surface area (Å²) >= 11 is 1.51. The van der Waals surface area contributed by atoms with Crippen molar-refractivity contribution < 1.29 is 4.39 Å². The molecule has 1 N–H and O–H groups in total. The van der Waals surface area contributed by atoms with Gasteiger partial charge in [0.1, 0.15) is 17.5 Å². The molecule has 0 aliphatic carbocycles. The summed E-state index contributed by atoms with van der Waals surface area (Å²) in [6.45, 7) is 1.81. The lowest BCUT2D eigenvalue weighted by atomic mass is 10.2. The molecule has 128 valence electrons. The van der Waals surface area contributed by atoms with Gasteiger partial charge in [0.05, 0.1) is 22.3 Å². The molecule has 8 heteroatoms. The number of thioether (sulfide) groups is 1. The van der Waals surface area contributed by atoms with Crippen LogP contribution < -0.4 is 0 Å². The van der Waals surface area contributed by atoms with Crippen molar-refractivity contribution in [3.8, 4) is 0 Å². The van der Waals surface area contributed by atoms with Crippen molar-refractivity contribution in [1.82, 2.24) is 29.5 Å². The van der Waals surface area contributed by atoms with E-state index < -0.39 is 0 Å². The highest BCUT2D eigenvalue weighted by Crippen LogP contribution is 2.26. The molecule has 0 bridgehead atoms. The summed E-state index contributed by atoms with van der Waals surface area (Å²) in [6, 6.07) is 12.4. The fraction of sp³-hybridized carbons (Fsp3) is 0.111. The number of hydrogen-bond acceptors (Lipinski definition) is 5. The number of H-pyrrole nitrogens is 1. The van der Waals surface area contributed by atoms with Gasteiger partial charge in [-0.05, 0) is 37.3 Å². The van der Waals surface area contributed by atoms with Crippen molar-refractivity contribution in [1.29, 1.82) is 0 Å². The number of aromatic amines is 1. The molecule has 3 heterocycles. The Labute approximate surface area is 151 Å². The smallest absolute Gasteiger partial charge is 0.191 e. The second-order valence-corrected chi connectivity index (χ2v) is 6.88. The molecule has 3 aromatic heterocycles. The molecular weight excluding hydrogens is 351 g/mol. The van der Waals surface area contributed by atoms with Crippen LogP contribution in [0, 0.1) is 12.7 Å². The van der Waals surface area contributed by atoms with E-state index >= 15 is 0 Å². The van der Waals surface area contributed by atoms with Crippen LogP contribution in [-0.2, 0) is 5.75 Å². The highest BCUT2D eigenvalue weighted by Gasteiger charge is 2.14. The van der Waals surface area contributed by atoms with Crippen molar-refractivity contribution in [2.75, 3.05) is 0 Å². The summed E-state index contributed by atoms with van der Waals surface area (Å²) in [7, 11) is 0. The summed E-state index contributed by atoms with van der Waals surface area (Å²) < 4.78 is 15.3. The van der Waals surface area contributed by atoms with Gasteiger partial charge in [-0.2, -0.15) is 4.52 Å². The summed E-state index contributed by atoms with van der Waals surface area (Å²) in [5.74, 6) is 1.78. The van der Waals surface area contributed by atoms with E-state index in [4.69, 9.17) is 0 Å². The SMILES string of the molecule is Cc1nc2c3cc(F)ccc3nc(SCc3nc4ccccc4[nH]3)n2n1. The van der Waals surface area contributed by atoms with Gasteiger partial charge < -0.3 is 4.98 Å². The van der Waals surface area contributed by atoms with Gasteiger partial charge in [0.25, 0.3) is 0 Å². The molecule has 6 nitrogen and oxygen atoms in total. The largest absolute Gasteiger partial charge is 0.341 e. The van der Waals surface area contributed by atoms with Gasteiger partial charge in [-0.3, -0.25) is 0 Å². The van der Waals surface area contributed by atoms with Gasteiger partial charge in [-0.15, -0.1) is 5.10 Å². The average molecular weight is 364 g/mol. The Morgan fingerprint density at radius 1 is 1.08 bits per heavy atom. The number of aryl methyl sites for hydroxylation is 1. The zero-order valence-corrected chi connectivity index (χ0v) is 14.6. The lowest BCUT2D eigenvalue weighted by molar-refractivity contribution is 0.629.